The molecular weight excluding hydrogens is 250 g/mol. The average molecular weight is 263 g/mol. The molecule has 0 aliphatic rings. The Morgan fingerprint density at radius 1 is 1.39 bits per heavy atom. The fourth-order valence-corrected chi connectivity index (χ4v) is 2.12. The van der Waals surface area contributed by atoms with Crippen molar-refractivity contribution in [3.8, 4) is 0 Å². The van der Waals surface area contributed by atoms with Crippen molar-refractivity contribution in [3.63, 3.8) is 0 Å². The van der Waals surface area contributed by atoms with E-state index < -0.39 is 0 Å². The summed E-state index contributed by atoms with van der Waals surface area (Å²) in [5, 5.41) is 6.45. The Balaban J connectivity index is 1.92. The van der Waals surface area contributed by atoms with Gasteiger partial charge in [-0.15, -0.1) is 11.8 Å². The zero-order valence-electron chi connectivity index (χ0n) is 10.1. The molecule has 2 aromatic rings. The number of benzene rings is 1. The molecule has 1 amide bonds. The number of hydrogen-bond donors (Lipinski definition) is 1. The number of aromatic nitrogens is 2. The van der Waals surface area contributed by atoms with Crippen LogP contribution in [0.3, 0.4) is 0 Å². The Labute approximate surface area is 109 Å². The van der Waals surface area contributed by atoms with Gasteiger partial charge in [0.25, 0.3) is 0 Å². The van der Waals surface area contributed by atoms with Crippen LogP contribution in [0.25, 0.3) is 0 Å². The highest BCUT2D eigenvalue weighted by molar-refractivity contribution is 7.98. The fourth-order valence-electron chi connectivity index (χ4n) is 1.38. The normalized spacial score (nSPS) is 10.3. The van der Waals surface area contributed by atoms with Gasteiger partial charge in [-0.1, -0.05) is 5.16 Å². The number of hydrogen-bond acceptors (Lipinski definition) is 5. The lowest BCUT2D eigenvalue weighted by atomic mass is 10.3. The van der Waals surface area contributed by atoms with Gasteiger partial charge in [0.15, 0.2) is 5.82 Å². The second-order valence-corrected chi connectivity index (χ2v) is 4.78. The molecule has 2 rings (SSSR count). The Kier molecular flexibility index (Phi) is 3.99. The number of nitrogens with one attached hydrogen (secondary N) is 1. The number of rotatable bonds is 4. The van der Waals surface area contributed by atoms with Gasteiger partial charge in [0.05, 0.1) is 5.75 Å². The molecule has 18 heavy (non-hydrogen) atoms. The van der Waals surface area contributed by atoms with Crippen LogP contribution in [0.15, 0.2) is 33.7 Å². The molecule has 0 unspecified atom stereocenters. The molecule has 0 spiro atoms. The quantitative estimate of drug-likeness (QED) is 0.859. The molecule has 0 bridgehead atoms. The van der Waals surface area contributed by atoms with Crippen LogP contribution in [0.4, 0.5) is 5.69 Å². The third kappa shape index (κ3) is 3.59. The first-order valence-corrected chi connectivity index (χ1v) is 6.41. The van der Waals surface area contributed by atoms with Crippen LogP contribution in [0, 0.1) is 6.92 Å². The molecule has 6 heteroatoms. The molecule has 94 valence electrons. The monoisotopic (exact) mass is 263 g/mol. The largest absolute Gasteiger partial charge is 0.338 e. The van der Waals surface area contributed by atoms with Crippen molar-refractivity contribution in [2.45, 2.75) is 24.5 Å². The van der Waals surface area contributed by atoms with E-state index in [9.17, 15) is 4.79 Å². The van der Waals surface area contributed by atoms with Crippen molar-refractivity contribution in [1.82, 2.24) is 10.1 Å². The Bertz CT molecular complexity index is 537. The van der Waals surface area contributed by atoms with Crippen molar-refractivity contribution in [2.75, 3.05) is 5.32 Å². The summed E-state index contributed by atoms with van der Waals surface area (Å²) in [6, 6.07) is 7.62. The summed E-state index contributed by atoms with van der Waals surface area (Å²) in [4.78, 5) is 16.1. The number of carbonyl (C=O) groups excluding carboxylic acids is 1. The molecule has 0 aliphatic heterocycles. The minimum absolute atomic E-state index is 0.0725. The van der Waals surface area contributed by atoms with Gasteiger partial charge in [0.1, 0.15) is 0 Å². The second-order valence-electron chi connectivity index (χ2n) is 3.73. The van der Waals surface area contributed by atoms with Crippen molar-refractivity contribution in [1.29, 1.82) is 0 Å². The number of amides is 1. The summed E-state index contributed by atoms with van der Waals surface area (Å²) < 4.78 is 5.02. The SMILES string of the molecule is CC(=O)Nc1ccc(SCc2nc(C)no2)cc1. The average Bonchev–Trinajstić information content (AvgIpc) is 2.74. The van der Waals surface area contributed by atoms with Crippen molar-refractivity contribution in [2.24, 2.45) is 0 Å². The maximum atomic E-state index is 10.9. The van der Waals surface area contributed by atoms with E-state index in [1.807, 2.05) is 24.3 Å². The van der Waals surface area contributed by atoms with Crippen LogP contribution in [-0.2, 0) is 10.5 Å². The molecule has 1 aromatic carbocycles. The minimum Gasteiger partial charge on any atom is -0.338 e. The number of carbonyl (C=O) groups is 1. The van der Waals surface area contributed by atoms with E-state index in [0.717, 1.165) is 10.6 Å². The Hall–Kier alpha value is -1.82. The van der Waals surface area contributed by atoms with Crippen LogP contribution in [0.5, 0.6) is 0 Å². The lowest BCUT2D eigenvalue weighted by Crippen LogP contribution is -2.05. The standard InChI is InChI=1S/C12H13N3O2S/c1-8-13-12(17-15-8)7-18-11-5-3-10(4-6-11)14-9(2)16/h3-6H,7H2,1-2H3,(H,14,16). The van der Waals surface area contributed by atoms with E-state index in [-0.39, 0.29) is 5.91 Å². The number of aryl methyl sites for hydroxylation is 1. The Morgan fingerprint density at radius 2 is 2.11 bits per heavy atom. The molecule has 0 saturated heterocycles. The van der Waals surface area contributed by atoms with Gasteiger partial charge in [-0.2, -0.15) is 4.98 Å². The van der Waals surface area contributed by atoms with Gasteiger partial charge in [-0.25, -0.2) is 0 Å². The van der Waals surface area contributed by atoms with E-state index in [1.165, 1.54) is 6.92 Å². The molecule has 1 aromatic heterocycles. The summed E-state index contributed by atoms with van der Waals surface area (Å²) in [5.74, 6) is 1.83. The molecule has 0 radical (unpaired) electrons. The van der Waals surface area contributed by atoms with Crippen LogP contribution in [0.1, 0.15) is 18.6 Å². The zero-order valence-corrected chi connectivity index (χ0v) is 11.0. The fraction of sp³-hybridized carbons (Fsp3) is 0.250. The first-order chi connectivity index (χ1) is 8.63. The second kappa shape index (κ2) is 5.68. The van der Waals surface area contributed by atoms with Crippen LogP contribution >= 0.6 is 11.8 Å². The topological polar surface area (TPSA) is 68.0 Å². The van der Waals surface area contributed by atoms with Gasteiger partial charge < -0.3 is 9.84 Å². The number of thioether (sulfide) groups is 1. The zero-order chi connectivity index (χ0) is 13.0. The van der Waals surface area contributed by atoms with E-state index in [4.69, 9.17) is 4.52 Å². The smallest absolute Gasteiger partial charge is 0.236 e. The van der Waals surface area contributed by atoms with E-state index in [1.54, 1.807) is 18.7 Å². The molecule has 1 heterocycles. The van der Waals surface area contributed by atoms with Crippen molar-refractivity contribution >= 4 is 23.4 Å². The molecule has 1 N–H and O–H groups in total. The molecule has 5 nitrogen and oxygen atoms in total. The molecular formula is C12H13N3O2S. The first-order valence-electron chi connectivity index (χ1n) is 5.43. The lowest BCUT2D eigenvalue weighted by Gasteiger charge is -2.03. The van der Waals surface area contributed by atoms with Gasteiger partial charge >= 0.3 is 0 Å². The molecule has 0 fully saturated rings. The van der Waals surface area contributed by atoms with E-state index in [0.29, 0.717) is 17.5 Å². The molecule has 0 saturated carbocycles. The van der Waals surface area contributed by atoms with Gasteiger partial charge in [-0.3, -0.25) is 4.79 Å². The van der Waals surface area contributed by atoms with Gasteiger partial charge in [-0.05, 0) is 31.2 Å². The van der Waals surface area contributed by atoms with Gasteiger partial charge in [0.2, 0.25) is 11.8 Å². The van der Waals surface area contributed by atoms with E-state index in [2.05, 4.69) is 15.5 Å². The van der Waals surface area contributed by atoms with Crippen molar-refractivity contribution in [3.05, 3.63) is 36.0 Å². The first kappa shape index (κ1) is 12.6. The summed E-state index contributed by atoms with van der Waals surface area (Å²) in [5.41, 5.74) is 0.792. The highest BCUT2D eigenvalue weighted by Crippen LogP contribution is 2.23. The lowest BCUT2D eigenvalue weighted by molar-refractivity contribution is -0.114. The summed E-state index contributed by atoms with van der Waals surface area (Å²) >= 11 is 1.61. The summed E-state index contributed by atoms with van der Waals surface area (Å²) in [6.45, 7) is 3.28. The third-order valence-corrected chi connectivity index (χ3v) is 3.10. The predicted octanol–water partition coefficient (Wildman–Crippen LogP) is 2.63. The number of nitrogens with zero attached hydrogens (tertiary/aromatic N) is 2. The molecule has 0 atom stereocenters. The minimum atomic E-state index is -0.0725. The highest BCUT2D eigenvalue weighted by atomic mass is 32.2. The van der Waals surface area contributed by atoms with E-state index >= 15 is 0 Å². The van der Waals surface area contributed by atoms with Gasteiger partial charge in [0, 0.05) is 17.5 Å². The van der Waals surface area contributed by atoms with Crippen LogP contribution in [-0.4, -0.2) is 16.0 Å². The highest BCUT2D eigenvalue weighted by Gasteiger charge is 2.03. The maximum Gasteiger partial charge on any atom is 0.236 e. The maximum absolute atomic E-state index is 10.9. The summed E-state index contributed by atoms with van der Waals surface area (Å²) in [6.07, 6.45) is 0. The third-order valence-electron chi connectivity index (χ3n) is 2.11. The number of anilines is 1. The molecule has 0 aliphatic carbocycles. The van der Waals surface area contributed by atoms with Crippen LogP contribution in [0.2, 0.25) is 0 Å². The van der Waals surface area contributed by atoms with Crippen LogP contribution < -0.4 is 5.32 Å². The van der Waals surface area contributed by atoms with Crippen molar-refractivity contribution < 1.29 is 9.32 Å². The predicted molar refractivity (Wildman–Crippen MR) is 69.3 cm³/mol. The summed E-state index contributed by atoms with van der Waals surface area (Å²) in [7, 11) is 0. The Morgan fingerprint density at radius 3 is 2.67 bits per heavy atom.